The smallest absolute Gasteiger partial charge is 0.289 e. The van der Waals surface area contributed by atoms with Crippen LogP contribution in [0.1, 0.15) is 50.7 Å². The van der Waals surface area contributed by atoms with Crippen molar-refractivity contribution in [1.82, 2.24) is 10.2 Å². The molecule has 2 aromatic carbocycles. The molecule has 7 nitrogen and oxygen atoms in total. The highest BCUT2D eigenvalue weighted by molar-refractivity contribution is 9.10. The van der Waals surface area contributed by atoms with Crippen molar-refractivity contribution in [2.45, 2.75) is 58.1 Å². The van der Waals surface area contributed by atoms with Crippen LogP contribution in [0.3, 0.4) is 0 Å². The molecule has 8 heteroatoms. The molecule has 1 heterocycles. The van der Waals surface area contributed by atoms with Gasteiger partial charge in [-0.25, -0.2) is 0 Å². The lowest BCUT2D eigenvalue weighted by Gasteiger charge is -2.44. The number of nitrogens with zero attached hydrogens (tertiary/aromatic N) is 1. The number of fused-ring (bicyclic) bond motifs is 1. The molecule has 4 rings (SSSR count). The van der Waals surface area contributed by atoms with E-state index in [4.69, 9.17) is 14.2 Å². The van der Waals surface area contributed by atoms with Gasteiger partial charge in [-0.3, -0.25) is 9.59 Å². The molecule has 0 bridgehead atoms. The molecule has 0 spiro atoms. The molecule has 0 radical (unpaired) electrons. The fourth-order valence-electron chi connectivity index (χ4n) is 4.90. The highest BCUT2D eigenvalue weighted by atomic mass is 79.9. The Labute approximate surface area is 227 Å². The van der Waals surface area contributed by atoms with Crippen LogP contribution in [0.25, 0.3) is 6.08 Å². The van der Waals surface area contributed by atoms with E-state index in [1.807, 2.05) is 56.3 Å². The van der Waals surface area contributed by atoms with Crippen molar-refractivity contribution in [3.05, 3.63) is 63.8 Å². The number of carbonyl (C=O) groups excluding carboxylic acids is 2. The summed E-state index contributed by atoms with van der Waals surface area (Å²) in [6, 6.07) is 13.5. The number of hydrogen-bond donors (Lipinski definition) is 1. The monoisotopic (exact) mass is 570 g/mol. The zero-order valence-corrected chi connectivity index (χ0v) is 23.1. The number of benzene rings is 2. The zero-order chi connectivity index (χ0) is 26.2. The topological polar surface area (TPSA) is 77.1 Å². The third kappa shape index (κ3) is 6.86. The average Bonchev–Trinajstić information content (AvgIpc) is 2.89. The minimum absolute atomic E-state index is 0.0180. The summed E-state index contributed by atoms with van der Waals surface area (Å²) in [5.41, 5.74) is 1.91. The molecule has 2 unspecified atom stereocenters. The summed E-state index contributed by atoms with van der Waals surface area (Å²) in [4.78, 5) is 28.1. The van der Waals surface area contributed by atoms with E-state index < -0.39 is 0 Å². The molecular weight excluding hydrogens is 536 g/mol. The summed E-state index contributed by atoms with van der Waals surface area (Å²) in [5, 5.41) is 2.99. The van der Waals surface area contributed by atoms with Gasteiger partial charge in [-0.2, -0.15) is 0 Å². The van der Waals surface area contributed by atoms with E-state index in [9.17, 15) is 9.59 Å². The van der Waals surface area contributed by atoms with Gasteiger partial charge in [0.2, 0.25) is 5.91 Å². The van der Waals surface area contributed by atoms with E-state index in [1.54, 1.807) is 11.0 Å². The number of amides is 2. The molecule has 1 N–H and O–H groups in total. The van der Waals surface area contributed by atoms with Gasteiger partial charge in [-0.1, -0.05) is 46.6 Å². The second kappa shape index (κ2) is 13.0. The molecule has 2 aromatic rings. The standard InChI is InChI=1S/C29H35BrN2O5/c1-3-35-25-14-13-20(17-26(25)36-4-2)15-16-31-28(33)19-32-23-11-7-8-12-24(23)37-27(29(32)34)18-21-9-5-6-10-22(21)30/h5-6,9-10,13-14,17-18,23-24H,3-4,7-8,11-12,15-16,19H2,1-2H3,(H,31,33)/b27-18+. The number of ether oxygens (including phenoxy) is 3. The van der Waals surface area contributed by atoms with Gasteiger partial charge >= 0.3 is 0 Å². The molecule has 37 heavy (non-hydrogen) atoms. The molecule has 1 saturated heterocycles. The van der Waals surface area contributed by atoms with Gasteiger partial charge in [0.1, 0.15) is 12.6 Å². The first-order chi connectivity index (χ1) is 18.0. The lowest BCUT2D eigenvalue weighted by atomic mass is 9.89. The average molecular weight is 572 g/mol. The normalized spacial score (nSPS) is 20.2. The molecule has 2 fully saturated rings. The second-order valence-electron chi connectivity index (χ2n) is 9.22. The van der Waals surface area contributed by atoms with Crippen LogP contribution in [0.5, 0.6) is 11.5 Å². The van der Waals surface area contributed by atoms with Crippen molar-refractivity contribution in [3.63, 3.8) is 0 Å². The quantitative estimate of drug-likeness (QED) is 0.401. The summed E-state index contributed by atoms with van der Waals surface area (Å²) in [7, 11) is 0. The minimum Gasteiger partial charge on any atom is -0.490 e. The molecule has 2 amide bonds. The van der Waals surface area contributed by atoms with Crippen LogP contribution in [0.2, 0.25) is 0 Å². The SMILES string of the molecule is CCOc1ccc(CCNC(=O)CN2C(=O)/C(=C\c3ccccc3Br)OC3CCCCC32)cc1OCC. The Hall–Kier alpha value is -3.00. The van der Waals surface area contributed by atoms with Gasteiger partial charge in [0, 0.05) is 11.0 Å². The van der Waals surface area contributed by atoms with Crippen LogP contribution < -0.4 is 14.8 Å². The van der Waals surface area contributed by atoms with Crippen molar-refractivity contribution < 1.29 is 23.8 Å². The third-order valence-corrected chi connectivity index (χ3v) is 7.39. The van der Waals surface area contributed by atoms with Gasteiger partial charge in [0.15, 0.2) is 17.3 Å². The highest BCUT2D eigenvalue weighted by Crippen LogP contribution is 2.34. The Balaban J connectivity index is 1.40. The summed E-state index contributed by atoms with van der Waals surface area (Å²) < 4.78 is 18.4. The Bertz CT molecular complexity index is 1140. The number of carbonyl (C=O) groups is 2. The predicted octanol–water partition coefficient (Wildman–Crippen LogP) is 5.12. The van der Waals surface area contributed by atoms with E-state index in [2.05, 4.69) is 21.2 Å². The van der Waals surface area contributed by atoms with E-state index in [-0.39, 0.29) is 30.5 Å². The van der Waals surface area contributed by atoms with Crippen LogP contribution in [0.15, 0.2) is 52.7 Å². The summed E-state index contributed by atoms with van der Waals surface area (Å²) in [6.45, 7) is 5.47. The minimum atomic E-state index is -0.234. The highest BCUT2D eigenvalue weighted by Gasteiger charge is 2.42. The van der Waals surface area contributed by atoms with Crippen molar-refractivity contribution in [2.75, 3.05) is 26.3 Å². The number of rotatable bonds is 10. The first-order valence-corrected chi connectivity index (χ1v) is 13.9. The van der Waals surface area contributed by atoms with Gasteiger partial charge in [-0.15, -0.1) is 0 Å². The van der Waals surface area contributed by atoms with Crippen LogP contribution in [-0.4, -0.2) is 55.2 Å². The van der Waals surface area contributed by atoms with Crippen molar-refractivity contribution in [3.8, 4) is 11.5 Å². The van der Waals surface area contributed by atoms with Crippen molar-refractivity contribution in [2.24, 2.45) is 0 Å². The Kier molecular flexibility index (Phi) is 9.50. The molecule has 0 aromatic heterocycles. The first-order valence-electron chi connectivity index (χ1n) is 13.1. The molecule has 2 atom stereocenters. The summed E-state index contributed by atoms with van der Waals surface area (Å²) >= 11 is 3.54. The fourth-order valence-corrected chi connectivity index (χ4v) is 5.30. The molecule has 1 saturated carbocycles. The third-order valence-electron chi connectivity index (χ3n) is 6.67. The van der Waals surface area contributed by atoms with E-state index in [1.165, 1.54) is 0 Å². The molecule has 198 valence electrons. The number of nitrogens with one attached hydrogen (secondary N) is 1. The molecule has 2 aliphatic rings. The summed E-state index contributed by atoms with van der Waals surface area (Å²) in [6.07, 6.45) is 6.14. The maximum absolute atomic E-state index is 13.4. The van der Waals surface area contributed by atoms with Crippen LogP contribution in [0, 0.1) is 0 Å². The van der Waals surface area contributed by atoms with Crippen molar-refractivity contribution >= 4 is 33.8 Å². The first kappa shape index (κ1) is 27.0. The largest absolute Gasteiger partial charge is 0.490 e. The van der Waals surface area contributed by atoms with Crippen LogP contribution >= 0.6 is 15.9 Å². The molecule has 1 aliphatic heterocycles. The van der Waals surface area contributed by atoms with Crippen LogP contribution in [-0.2, 0) is 20.7 Å². The van der Waals surface area contributed by atoms with E-state index >= 15 is 0 Å². The second-order valence-corrected chi connectivity index (χ2v) is 10.1. The summed E-state index contributed by atoms with van der Waals surface area (Å²) in [5.74, 6) is 1.31. The molecular formula is C29H35BrN2O5. The molecule has 1 aliphatic carbocycles. The maximum Gasteiger partial charge on any atom is 0.289 e. The van der Waals surface area contributed by atoms with Gasteiger partial charge in [-0.05, 0) is 74.9 Å². The lowest BCUT2D eigenvalue weighted by molar-refractivity contribution is -0.151. The predicted molar refractivity (Wildman–Crippen MR) is 146 cm³/mol. The number of halogens is 1. The van der Waals surface area contributed by atoms with Gasteiger partial charge in [0.05, 0.1) is 19.3 Å². The van der Waals surface area contributed by atoms with Crippen LogP contribution in [0.4, 0.5) is 0 Å². The van der Waals surface area contributed by atoms with E-state index in [0.29, 0.717) is 37.7 Å². The van der Waals surface area contributed by atoms with Crippen molar-refractivity contribution in [1.29, 1.82) is 0 Å². The Morgan fingerprint density at radius 2 is 1.86 bits per heavy atom. The number of morpholine rings is 1. The van der Waals surface area contributed by atoms with E-state index in [0.717, 1.165) is 47.0 Å². The fraction of sp³-hybridized carbons (Fsp3) is 0.448. The Morgan fingerprint density at radius 3 is 2.65 bits per heavy atom. The Morgan fingerprint density at radius 1 is 1.11 bits per heavy atom. The van der Waals surface area contributed by atoms with Gasteiger partial charge < -0.3 is 24.4 Å². The number of hydrogen-bond acceptors (Lipinski definition) is 5. The van der Waals surface area contributed by atoms with Gasteiger partial charge in [0.25, 0.3) is 5.91 Å². The lowest BCUT2D eigenvalue weighted by Crippen LogP contribution is -2.57. The zero-order valence-electron chi connectivity index (χ0n) is 21.5. The maximum atomic E-state index is 13.4.